The highest BCUT2D eigenvalue weighted by atomic mass is 16.5. The van der Waals surface area contributed by atoms with Crippen LogP contribution in [0.1, 0.15) is 18.9 Å². The molecule has 3 nitrogen and oxygen atoms in total. The first-order valence-corrected chi connectivity index (χ1v) is 7.42. The predicted octanol–water partition coefficient (Wildman–Crippen LogP) is 2.40. The molecule has 1 aromatic rings. The number of nitrogens with zero attached hydrogens (tertiary/aromatic N) is 2. The lowest BCUT2D eigenvalue weighted by atomic mass is 10.2. The standard InChI is InChI=1S/C16H26N2O/c1-3-17-10-12-18(13-11-17)9-6-14-19-16-8-5-4-7-15(16)2/h4-5,7-8H,3,6,9-14H2,1-2H3. The predicted molar refractivity (Wildman–Crippen MR) is 79.8 cm³/mol. The van der Waals surface area contributed by atoms with Gasteiger partial charge in [0.25, 0.3) is 0 Å². The van der Waals surface area contributed by atoms with E-state index in [9.17, 15) is 0 Å². The number of rotatable bonds is 6. The Kier molecular flexibility index (Phi) is 5.67. The zero-order valence-corrected chi connectivity index (χ0v) is 12.3. The van der Waals surface area contributed by atoms with E-state index < -0.39 is 0 Å². The van der Waals surface area contributed by atoms with Crippen LogP contribution in [0.2, 0.25) is 0 Å². The monoisotopic (exact) mass is 262 g/mol. The number of piperazine rings is 1. The van der Waals surface area contributed by atoms with Gasteiger partial charge in [0.05, 0.1) is 6.61 Å². The normalized spacial score (nSPS) is 17.6. The lowest BCUT2D eigenvalue weighted by Gasteiger charge is -2.33. The number of benzene rings is 1. The van der Waals surface area contributed by atoms with E-state index in [0.717, 1.165) is 25.3 Å². The van der Waals surface area contributed by atoms with Crippen molar-refractivity contribution in [3.05, 3.63) is 29.8 Å². The summed E-state index contributed by atoms with van der Waals surface area (Å²) in [6.07, 6.45) is 1.11. The second-order valence-corrected chi connectivity index (χ2v) is 5.24. The van der Waals surface area contributed by atoms with Crippen molar-refractivity contribution in [2.75, 3.05) is 45.9 Å². The maximum Gasteiger partial charge on any atom is 0.122 e. The SMILES string of the molecule is CCN1CCN(CCCOc2ccccc2C)CC1. The van der Waals surface area contributed by atoms with Crippen LogP contribution in [0.25, 0.3) is 0 Å². The average Bonchev–Trinajstić information content (AvgIpc) is 2.46. The van der Waals surface area contributed by atoms with Crippen LogP contribution in [0.5, 0.6) is 5.75 Å². The largest absolute Gasteiger partial charge is 0.493 e. The maximum atomic E-state index is 5.83. The molecule has 0 aromatic heterocycles. The van der Waals surface area contributed by atoms with Crippen molar-refractivity contribution in [1.82, 2.24) is 9.80 Å². The summed E-state index contributed by atoms with van der Waals surface area (Å²) < 4.78 is 5.83. The van der Waals surface area contributed by atoms with Crippen LogP contribution < -0.4 is 4.74 Å². The molecular formula is C16H26N2O. The number of aryl methyl sites for hydroxylation is 1. The molecule has 0 saturated carbocycles. The highest BCUT2D eigenvalue weighted by Crippen LogP contribution is 2.16. The molecule has 1 heterocycles. The maximum absolute atomic E-state index is 5.83. The van der Waals surface area contributed by atoms with Crippen LogP contribution >= 0.6 is 0 Å². The Labute approximate surface area is 117 Å². The minimum absolute atomic E-state index is 0.818. The van der Waals surface area contributed by atoms with E-state index in [2.05, 4.69) is 41.8 Å². The minimum atomic E-state index is 0.818. The van der Waals surface area contributed by atoms with E-state index in [0.29, 0.717) is 0 Å². The summed E-state index contributed by atoms with van der Waals surface area (Å²) in [6, 6.07) is 8.23. The Balaban J connectivity index is 1.61. The molecule has 1 fully saturated rings. The fourth-order valence-corrected chi connectivity index (χ4v) is 2.52. The molecule has 106 valence electrons. The summed E-state index contributed by atoms with van der Waals surface area (Å²) in [4.78, 5) is 5.06. The molecule has 0 amide bonds. The fourth-order valence-electron chi connectivity index (χ4n) is 2.52. The van der Waals surface area contributed by atoms with E-state index in [1.165, 1.54) is 38.3 Å². The van der Waals surface area contributed by atoms with E-state index in [-0.39, 0.29) is 0 Å². The van der Waals surface area contributed by atoms with E-state index in [4.69, 9.17) is 4.74 Å². The van der Waals surface area contributed by atoms with Crippen LogP contribution in [-0.2, 0) is 0 Å². The van der Waals surface area contributed by atoms with Gasteiger partial charge in [0.1, 0.15) is 5.75 Å². The molecule has 1 saturated heterocycles. The Morgan fingerprint density at radius 1 is 1.05 bits per heavy atom. The number of likely N-dealkylation sites (N-methyl/N-ethyl adjacent to an activating group) is 1. The van der Waals surface area contributed by atoms with Crippen LogP contribution in [0.4, 0.5) is 0 Å². The zero-order chi connectivity index (χ0) is 13.5. The van der Waals surface area contributed by atoms with Gasteiger partial charge in [-0.05, 0) is 31.5 Å². The first kappa shape index (κ1) is 14.4. The average molecular weight is 262 g/mol. The number of hydrogen-bond acceptors (Lipinski definition) is 3. The Morgan fingerprint density at radius 3 is 2.42 bits per heavy atom. The van der Waals surface area contributed by atoms with Gasteiger partial charge >= 0.3 is 0 Å². The van der Waals surface area contributed by atoms with E-state index in [1.807, 2.05) is 6.07 Å². The Bertz CT molecular complexity index is 373. The van der Waals surface area contributed by atoms with Crippen LogP contribution in [0, 0.1) is 6.92 Å². The topological polar surface area (TPSA) is 15.7 Å². The molecule has 0 unspecified atom stereocenters. The van der Waals surface area contributed by atoms with Gasteiger partial charge in [0.15, 0.2) is 0 Å². The third-order valence-electron chi connectivity index (χ3n) is 3.88. The first-order chi connectivity index (χ1) is 9.29. The van der Waals surface area contributed by atoms with Gasteiger partial charge in [-0.2, -0.15) is 0 Å². The van der Waals surface area contributed by atoms with Gasteiger partial charge in [-0.15, -0.1) is 0 Å². The second-order valence-electron chi connectivity index (χ2n) is 5.24. The van der Waals surface area contributed by atoms with Crippen molar-refractivity contribution in [1.29, 1.82) is 0 Å². The molecule has 2 rings (SSSR count). The van der Waals surface area contributed by atoms with Crippen molar-refractivity contribution in [3.63, 3.8) is 0 Å². The molecule has 1 aliphatic rings. The lowest BCUT2D eigenvalue weighted by molar-refractivity contribution is 0.130. The number of ether oxygens (including phenoxy) is 1. The van der Waals surface area contributed by atoms with Gasteiger partial charge in [0, 0.05) is 32.7 Å². The van der Waals surface area contributed by atoms with Crippen molar-refractivity contribution < 1.29 is 4.74 Å². The summed E-state index contributed by atoms with van der Waals surface area (Å²) in [7, 11) is 0. The Morgan fingerprint density at radius 2 is 1.74 bits per heavy atom. The zero-order valence-electron chi connectivity index (χ0n) is 12.3. The third kappa shape index (κ3) is 4.51. The highest BCUT2D eigenvalue weighted by Gasteiger charge is 2.14. The smallest absolute Gasteiger partial charge is 0.122 e. The Hall–Kier alpha value is -1.06. The third-order valence-corrected chi connectivity index (χ3v) is 3.88. The molecule has 19 heavy (non-hydrogen) atoms. The second kappa shape index (κ2) is 7.51. The molecule has 0 spiro atoms. The summed E-state index contributed by atoms with van der Waals surface area (Å²) >= 11 is 0. The summed E-state index contributed by atoms with van der Waals surface area (Å²) in [5, 5.41) is 0. The van der Waals surface area contributed by atoms with Gasteiger partial charge < -0.3 is 14.5 Å². The molecule has 0 aliphatic carbocycles. The fraction of sp³-hybridized carbons (Fsp3) is 0.625. The molecular weight excluding hydrogens is 236 g/mol. The minimum Gasteiger partial charge on any atom is -0.493 e. The van der Waals surface area contributed by atoms with Crippen molar-refractivity contribution >= 4 is 0 Å². The van der Waals surface area contributed by atoms with Gasteiger partial charge in [-0.1, -0.05) is 25.1 Å². The van der Waals surface area contributed by atoms with Crippen LogP contribution in [0.15, 0.2) is 24.3 Å². The molecule has 1 aliphatic heterocycles. The summed E-state index contributed by atoms with van der Waals surface area (Å²) in [6.45, 7) is 12.3. The molecule has 3 heteroatoms. The lowest BCUT2D eigenvalue weighted by Crippen LogP contribution is -2.46. The first-order valence-electron chi connectivity index (χ1n) is 7.42. The molecule has 0 bridgehead atoms. The van der Waals surface area contributed by atoms with Crippen molar-refractivity contribution in [2.45, 2.75) is 20.3 Å². The van der Waals surface area contributed by atoms with Crippen LogP contribution in [0.3, 0.4) is 0 Å². The molecule has 0 radical (unpaired) electrons. The van der Waals surface area contributed by atoms with Crippen LogP contribution in [-0.4, -0.2) is 55.7 Å². The number of para-hydroxylation sites is 1. The summed E-state index contributed by atoms with van der Waals surface area (Å²) in [5.41, 5.74) is 1.22. The van der Waals surface area contributed by atoms with E-state index >= 15 is 0 Å². The van der Waals surface area contributed by atoms with Gasteiger partial charge in [-0.3, -0.25) is 0 Å². The van der Waals surface area contributed by atoms with Gasteiger partial charge in [0.2, 0.25) is 0 Å². The van der Waals surface area contributed by atoms with Crippen molar-refractivity contribution in [3.8, 4) is 5.75 Å². The quantitative estimate of drug-likeness (QED) is 0.732. The van der Waals surface area contributed by atoms with E-state index in [1.54, 1.807) is 0 Å². The highest BCUT2D eigenvalue weighted by molar-refractivity contribution is 5.31. The molecule has 0 atom stereocenters. The molecule has 1 aromatic carbocycles. The number of hydrogen-bond donors (Lipinski definition) is 0. The van der Waals surface area contributed by atoms with Gasteiger partial charge in [-0.25, -0.2) is 0 Å². The van der Waals surface area contributed by atoms with Crippen molar-refractivity contribution in [2.24, 2.45) is 0 Å². The summed E-state index contributed by atoms with van der Waals surface area (Å²) in [5.74, 6) is 1.03. The molecule has 0 N–H and O–H groups in total.